The molecule has 0 saturated heterocycles. The topological polar surface area (TPSA) is 52.8 Å². The number of fused-ring (bicyclic) bond motifs is 1. The van der Waals surface area contributed by atoms with Crippen molar-refractivity contribution in [2.24, 2.45) is 21.9 Å². The summed E-state index contributed by atoms with van der Waals surface area (Å²) in [4.78, 5) is 0. The van der Waals surface area contributed by atoms with Gasteiger partial charge in [0.05, 0.1) is 11.8 Å². The van der Waals surface area contributed by atoms with Crippen LogP contribution in [0.3, 0.4) is 0 Å². The predicted octanol–water partition coefficient (Wildman–Crippen LogP) is 1.63. The summed E-state index contributed by atoms with van der Waals surface area (Å²) in [5.41, 5.74) is 0.877. The van der Waals surface area contributed by atoms with Gasteiger partial charge in [-0.25, -0.2) is 0 Å². The van der Waals surface area contributed by atoms with Gasteiger partial charge < -0.3 is 10.3 Å². The molecule has 0 radical (unpaired) electrons. The van der Waals surface area contributed by atoms with E-state index >= 15 is 0 Å². The fraction of sp³-hybridized carbons (Fsp3) is 0.900. The zero-order valence-corrected chi connectivity index (χ0v) is 8.41. The molecule has 3 atom stereocenters. The molecule has 0 amide bonds. The Morgan fingerprint density at radius 3 is 2.38 bits per heavy atom. The molecule has 13 heavy (non-hydrogen) atoms. The standard InChI is InChI=1S/C10H17NO2/c1-9(2)7(11-13)5-10(3)4-6(12)8(9)10/h6,8,12-13H,4-5H2,1-3H3. The molecule has 0 aromatic carbocycles. The highest BCUT2D eigenvalue weighted by Crippen LogP contribution is 2.63. The Morgan fingerprint density at radius 1 is 1.38 bits per heavy atom. The van der Waals surface area contributed by atoms with E-state index in [0.29, 0.717) is 0 Å². The summed E-state index contributed by atoms with van der Waals surface area (Å²) in [7, 11) is 0. The van der Waals surface area contributed by atoms with Gasteiger partial charge in [-0.2, -0.15) is 0 Å². The van der Waals surface area contributed by atoms with Gasteiger partial charge in [0, 0.05) is 11.3 Å². The fourth-order valence-electron chi connectivity index (χ4n) is 3.51. The predicted molar refractivity (Wildman–Crippen MR) is 49.8 cm³/mol. The van der Waals surface area contributed by atoms with E-state index in [0.717, 1.165) is 18.6 Å². The molecule has 3 unspecified atom stereocenters. The molecule has 2 saturated carbocycles. The lowest BCUT2D eigenvalue weighted by atomic mass is 9.56. The van der Waals surface area contributed by atoms with Crippen LogP contribution in [-0.2, 0) is 0 Å². The minimum absolute atomic E-state index is 0.138. The van der Waals surface area contributed by atoms with E-state index in [9.17, 15) is 5.11 Å². The zero-order valence-electron chi connectivity index (χ0n) is 8.41. The largest absolute Gasteiger partial charge is 0.411 e. The zero-order chi connectivity index (χ0) is 9.85. The van der Waals surface area contributed by atoms with Crippen LogP contribution in [0.2, 0.25) is 0 Å². The first kappa shape index (κ1) is 9.00. The van der Waals surface area contributed by atoms with Crippen LogP contribution in [0.25, 0.3) is 0 Å². The molecule has 3 nitrogen and oxygen atoms in total. The van der Waals surface area contributed by atoms with Gasteiger partial charge in [-0.05, 0) is 18.3 Å². The number of aliphatic hydroxyl groups excluding tert-OH is 1. The van der Waals surface area contributed by atoms with Gasteiger partial charge in [-0.15, -0.1) is 0 Å². The van der Waals surface area contributed by atoms with Crippen molar-refractivity contribution < 1.29 is 10.3 Å². The lowest BCUT2D eigenvalue weighted by Crippen LogP contribution is -2.51. The third-order valence-electron chi connectivity index (χ3n) is 4.02. The van der Waals surface area contributed by atoms with E-state index in [1.807, 2.05) is 0 Å². The number of nitrogens with zero attached hydrogens (tertiary/aromatic N) is 1. The van der Waals surface area contributed by atoms with Gasteiger partial charge in [-0.1, -0.05) is 25.9 Å². The molecule has 0 aliphatic heterocycles. The Morgan fingerprint density at radius 2 is 2.00 bits per heavy atom. The average Bonchev–Trinajstić information content (AvgIpc) is 2.12. The maximum Gasteiger partial charge on any atom is 0.0636 e. The summed E-state index contributed by atoms with van der Waals surface area (Å²) in [5.74, 6) is 0.269. The molecule has 2 rings (SSSR count). The Kier molecular flexibility index (Phi) is 1.57. The second kappa shape index (κ2) is 2.27. The highest BCUT2D eigenvalue weighted by atomic mass is 16.4. The van der Waals surface area contributed by atoms with Crippen molar-refractivity contribution in [1.29, 1.82) is 0 Å². The molecule has 2 fully saturated rings. The van der Waals surface area contributed by atoms with Crippen LogP contribution in [0.1, 0.15) is 33.6 Å². The van der Waals surface area contributed by atoms with Gasteiger partial charge in [-0.3, -0.25) is 0 Å². The molecule has 0 aromatic rings. The average molecular weight is 183 g/mol. The van der Waals surface area contributed by atoms with Crippen molar-refractivity contribution in [3.05, 3.63) is 0 Å². The summed E-state index contributed by atoms with van der Waals surface area (Å²) in [6, 6.07) is 0. The molecule has 0 aromatic heterocycles. The van der Waals surface area contributed by atoms with Crippen LogP contribution < -0.4 is 0 Å². The molecule has 0 spiro atoms. The second-order valence-electron chi connectivity index (χ2n) is 5.35. The molecule has 0 heterocycles. The van der Waals surface area contributed by atoms with Gasteiger partial charge in [0.1, 0.15) is 0 Å². The van der Waals surface area contributed by atoms with E-state index < -0.39 is 0 Å². The van der Waals surface area contributed by atoms with E-state index in [1.54, 1.807) is 0 Å². The summed E-state index contributed by atoms with van der Waals surface area (Å²) in [6.45, 7) is 6.28. The quantitative estimate of drug-likeness (QED) is 0.443. The number of aliphatic hydroxyl groups is 1. The maximum atomic E-state index is 9.70. The van der Waals surface area contributed by atoms with Crippen molar-refractivity contribution in [2.75, 3.05) is 0 Å². The smallest absolute Gasteiger partial charge is 0.0636 e. The molecule has 0 bridgehead atoms. The highest BCUT2D eigenvalue weighted by Gasteiger charge is 2.63. The minimum atomic E-state index is -0.209. The summed E-state index contributed by atoms with van der Waals surface area (Å²) >= 11 is 0. The van der Waals surface area contributed by atoms with Crippen molar-refractivity contribution in [3.63, 3.8) is 0 Å². The number of rotatable bonds is 0. The van der Waals surface area contributed by atoms with Crippen molar-refractivity contribution in [2.45, 2.75) is 39.7 Å². The van der Waals surface area contributed by atoms with Crippen LogP contribution in [0, 0.1) is 16.7 Å². The Labute approximate surface area is 78.4 Å². The van der Waals surface area contributed by atoms with E-state index in [4.69, 9.17) is 5.21 Å². The normalized spacial score (nSPS) is 50.3. The first-order chi connectivity index (χ1) is 5.92. The van der Waals surface area contributed by atoms with Crippen LogP contribution in [0.15, 0.2) is 5.16 Å². The number of oxime groups is 1. The van der Waals surface area contributed by atoms with Crippen LogP contribution in [0.5, 0.6) is 0 Å². The van der Waals surface area contributed by atoms with Crippen LogP contribution >= 0.6 is 0 Å². The molecular formula is C10H17NO2. The maximum absolute atomic E-state index is 9.70. The SMILES string of the molecule is CC12CC(=NO)C(C)(C)C1C(O)C2. The highest BCUT2D eigenvalue weighted by molar-refractivity contribution is 5.93. The van der Waals surface area contributed by atoms with Crippen molar-refractivity contribution >= 4 is 5.71 Å². The minimum Gasteiger partial charge on any atom is -0.411 e. The van der Waals surface area contributed by atoms with Gasteiger partial charge in [0.15, 0.2) is 0 Å². The number of hydrogen-bond acceptors (Lipinski definition) is 3. The third-order valence-corrected chi connectivity index (χ3v) is 4.02. The molecule has 3 heteroatoms. The lowest BCUT2D eigenvalue weighted by Gasteiger charge is -2.50. The Balaban J connectivity index is 2.37. The Hall–Kier alpha value is -0.570. The molecule has 2 N–H and O–H groups in total. The third kappa shape index (κ3) is 0.909. The monoisotopic (exact) mass is 183 g/mol. The lowest BCUT2D eigenvalue weighted by molar-refractivity contribution is -0.111. The van der Waals surface area contributed by atoms with Gasteiger partial charge in [0.25, 0.3) is 0 Å². The molecule has 74 valence electrons. The van der Waals surface area contributed by atoms with Gasteiger partial charge >= 0.3 is 0 Å². The first-order valence-electron chi connectivity index (χ1n) is 4.81. The van der Waals surface area contributed by atoms with Crippen LogP contribution in [-0.4, -0.2) is 22.1 Å². The van der Waals surface area contributed by atoms with Crippen molar-refractivity contribution in [1.82, 2.24) is 0 Å². The Bertz CT molecular complexity index is 272. The van der Waals surface area contributed by atoms with Crippen molar-refractivity contribution in [3.8, 4) is 0 Å². The summed E-state index contributed by atoms with van der Waals surface area (Å²) < 4.78 is 0. The summed E-state index contributed by atoms with van der Waals surface area (Å²) in [6.07, 6.45) is 1.47. The van der Waals surface area contributed by atoms with E-state index in [-0.39, 0.29) is 22.9 Å². The van der Waals surface area contributed by atoms with Crippen LogP contribution in [0.4, 0.5) is 0 Å². The van der Waals surface area contributed by atoms with E-state index in [2.05, 4.69) is 25.9 Å². The summed E-state index contributed by atoms with van der Waals surface area (Å²) in [5, 5.41) is 21.9. The number of hydrogen-bond donors (Lipinski definition) is 2. The van der Waals surface area contributed by atoms with E-state index in [1.165, 1.54) is 0 Å². The molecule has 2 aliphatic rings. The fourth-order valence-corrected chi connectivity index (χ4v) is 3.51. The molecular weight excluding hydrogens is 166 g/mol. The second-order valence-corrected chi connectivity index (χ2v) is 5.35. The molecule has 2 aliphatic carbocycles. The first-order valence-corrected chi connectivity index (χ1v) is 4.81. The van der Waals surface area contributed by atoms with Gasteiger partial charge in [0.2, 0.25) is 0 Å².